The van der Waals surface area contributed by atoms with Gasteiger partial charge in [-0.05, 0) is 37.6 Å². The zero-order valence-corrected chi connectivity index (χ0v) is 17.2. The van der Waals surface area contributed by atoms with Gasteiger partial charge in [-0.1, -0.05) is 31.5 Å². The largest absolute Gasteiger partial charge is 0.496 e. The van der Waals surface area contributed by atoms with E-state index in [9.17, 15) is 4.79 Å². The van der Waals surface area contributed by atoms with E-state index >= 15 is 0 Å². The third-order valence-electron chi connectivity index (χ3n) is 4.70. The van der Waals surface area contributed by atoms with Crippen LogP contribution >= 0.6 is 0 Å². The van der Waals surface area contributed by atoms with Gasteiger partial charge < -0.3 is 9.47 Å². The molecule has 0 spiro atoms. The number of amides is 1. The highest BCUT2D eigenvalue weighted by atomic mass is 16.5. The fourth-order valence-electron chi connectivity index (χ4n) is 3.31. The van der Waals surface area contributed by atoms with Crippen LogP contribution in [0.15, 0.2) is 47.6 Å². The second-order valence-electron chi connectivity index (χ2n) is 6.64. The Morgan fingerprint density at radius 2 is 1.97 bits per heavy atom. The molecule has 1 amide bonds. The molecular weight excluding hydrogens is 366 g/mol. The minimum Gasteiger partial charge on any atom is -0.496 e. The van der Waals surface area contributed by atoms with Crippen molar-refractivity contribution in [1.29, 1.82) is 0 Å². The Labute approximate surface area is 170 Å². The highest BCUT2D eigenvalue weighted by Gasteiger charge is 2.13. The average Bonchev–Trinajstić information content (AvgIpc) is 2.73. The Hall–Kier alpha value is -3.41. The minimum atomic E-state index is -0.276. The van der Waals surface area contributed by atoms with Gasteiger partial charge in [0.25, 0.3) is 5.91 Å². The minimum absolute atomic E-state index is 0.276. The van der Waals surface area contributed by atoms with Gasteiger partial charge in [-0.3, -0.25) is 9.78 Å². The van der Waals surface area contributed by atoms with Crippen LogP contribution in [0.1, 0.15) is 40.5 Å². The summed E-state index contributed by atoms with van der Waals surface area (Å²) in [5.41, 5.74) is 6.51. The van der Waals surface area contributed by atoms with Crippen LogP contribution < -0.4 is 14.9 Å². The number of rotatable bonds is 7. The van der Waals surface area contributed by atoms with Crippen molar-refractivity contribution in [1.82, 2.24) is 10.4 Å². The molecule has 29 heavy (non-hydrogen) atoms. The molecule has 0 saturated carbocycles. The summed E-state index contributed by atoms with van der Waals surface area (Å²) in [6.07, 6.45) is 3.34. The van der Waals surface area contributed by atoms with Crippen LogP contribution in [0.4, 0.5) is 0 Å². The molecule has 0 radical (unpaired) electrons. The number of fused-ring (bicyclic) bond motifs is 1. The van der Waals surface area contributed by atoms with Crippen molar-refractivity contribution < 1.29 is 14.3 Å². The van der Waals surface area contributed by atoms with Crippen molar-refractivity contribution in [3.05, 3.63) is 64.8 Å². The van der Waals surface area contributed by atoms with Crippen LogP contribution in [0.2, 0.25) is 0 Å². The summed E-state index contributed by atoms with van der Waals surface area (Å²) in [4.78, 5) is 17.5. The lowest BCUT2D eigenvalue weighted by molar-refractivity contribution is 0.0956. The smallest absolute Gasteiger partial charge is 0.272 e. The second-order valence-corrected chi connectivity index (χ2v) is 6.64. The third kappa shape index (κ3) is 4.37. The first-order valence-electron chi connectivity index (χ1n) is 9.52. The van der Waals surface area contributed by atoms with E-state index in [0.29, 0.717) is 11.3 Å². The number of hydrogen-bond donors (Lipinski definition) is 1. The van der Waals surface area contributed by atoms with E-state index in [2.05, 4.69) is 22.4 Å². The molecule has 1 aromatic heterocycles. The van der Waals surface area contributed by atoms with Crippen molar-refractivity contribution in [2.75, 3.05) is 14.2 Å². The molecule has 150 valence electrons. The summed E-state index contributed by atoms with van der Waals surface area (Å²) in [6.45, 7) is 4.00. The summed E-state index contributed by atoms with van der Waals surface area (Å²) in [7, 11) is 3.21. The third-order valence-corrected chi connectivity index (χ3v) is 4.70. The maximum atomic E-state index is 12.8. The van der Waals surface area contributed by atoms with Crippen molar-refractivity contribution in [3.63, 3.8) is 0 Å². The first-order valence-corrected chi connectivity index (χ1v) is 9.52. The predicted molar refractivity (Wildman–Crippen MR) is 115 cm³/mol. The van der Waals surface area contributed by atoms with Gasteiger partial charge >= 0.3 is 0 Å². The number of aromatic nitrogens is 1. The quantitative estimate of drug-likeness (QED) is 0.482. The maximum Gasteiger partial charge on any atom is 0.272 e. The lowest BCUT2D eigenvalue weighted by Gasteiger charge is -2.12. The Balaban J connectivity index is 1.87. The normalized spacial score (nSPS) is 11.0. The number of pyridine rings is 1. The SMILES string of the molecule is CCCc1cc(C(=O)N/N=C\c2ccc(OC)c(C)c2OC)c2ccccc2n1. The molecule has 6 nitrogen and oxygen atoms in total. The molecule has 1 N–H and O–H groups in total. The summed E-state index contributed by atoms with van der Waals surface area (Å²) in [5.74, 6) is 1.11. The number of ether oxygens (including phenoxy) is 2. The molecule has 6 heteroatoms. The molecule has 1 heterocycles. The summed E-state index contributed by atoms with van der Waals surface area (Å²) < 4.78 is 10.8. The molecule has 0 aliphatic carbocycles. The van der Waals surface area contributed by atoms with Crippen LogP contribution in [0, 0.1) is 6.92 Å². The van der Waals surface area contributed by atoms with Gasteiger partial charge in [0, 0.05) is 22.2 Å². The topological polar surface area (TPSA) is 72.8 Å². The van der Waals surface area contributed by atoms with E-state index in [1.165, 1.54) is 0 Å². The number of carbonyl (C=O) groups is 1. The molecular formula is C23H25N3O3. The van der Waals surface area contributed by atoms with Crippen molar-refractivity contribution in [2.24, 2.45) is 5.10 Å². The number of nitrogens with zero attached hydrogens (tertiary/aromatic N) is 2. The Morgan fingerprint density at radius 3 is 2.69 bits per heavy atom. The Morgan fingerprint density at radius 1 is 1.17 bits per heavy atom. The van der Waals surface area contributed by atoms with Crippen LogP contribution in [0.5, 0.6) is 11.5 Å². The van der Waals surface area contributed by atoms with E-state index in [1.54, 1.807) is 20.4 Å². The monoisotopic (exact) mass is 391 g/mol. The standard InChI is InChI=1S/C23H25N3O3/c1-5-8-17-13-19(18-9-6-7-10-20(18)25-17)23(27)26-24-14-16-11-12-21(28-3)15(2)22(16)29-4/h6-7,9-14H,5,8H2,1-4H3,(H,26,27)/b24-14-. The fourth-order valence-corrected chi connectivity index (χ4v) is 3.31. The van der Waals surface area contributed by atoms with Gasteiger partial charge in [0.05, 0.1) is 31.5 Å². The van der Waals surface area contributed by atoms with Gasteiger partial charge in [-0.2, -0.15) is 5.10 Å². The van der Waals surface area contributed by atoms with E-state index < -0.39 is 0 Å². The van der Waals surface area contributed by atoms with E-state index in [4.69, 9.17) is 9.47 Å². The molecule has 0 unspecified atom stereocenters. The number of methoxy groups -OCH3 is 2. The first-order chi connectivity index (χ1) is 14.1. The van der Waals surface area contributed by atoms with Gasteiger partial charge in [0.15, 0.2) is 0 Å². The number of nitrogens with one attached hydrogen (secondary N) is 1. The number of hydrogen-bond acceptors (Lipinski definition) is 5. The van der Waals surface area contributed by atoms with Crippen molar-refractivity contribution >= 4 is 23.0 Å². The first kappa shape index (κ1) is 20.3. The van der Waals surface area contributed by atoms with Crippen LogP contribution in [-0.2, 0) is 6.42 Å². The molecule has 0 aliphatic heterocycles. The maximum absolute atomic E-state index is 12.8. The van der Waals surface area contributed by atoms with Crippen LogP contribution in [-0.4, -0.2) is 31.3 Å². The summed E-state index contributed by atoms with van der Waals surface area (Å²) in [5, 5.41) is 4.94. The molecule has 2 aromatic carbocycles. The van der Waals surface area contributed by atoms with Crippen LogP contribution in [0.25, 0.3) is 10.9 Å². The summed E-state index contributed by atoms with van der Waals surface area (Å²) >= 11 is 0. The molecule has 3 aromatic rings. The van der Waals surface area contributed by atoms with Crippen molar-refractivity contribution in [3.8, 4) is 11.5 Å². The zero-order chi connectivity index (χ0) is 20.8. The molecule has 0 fully saturated rings. The lowest BCUT2D eigenvalue weighted by atomic mass is 10.1. The van der Waals surface area contributed by atoms with E-state index in [1.807, 2.05) is 49.4 Å². The van der Waals surface area contributed by atoms with Crippen LogP contribution in [0.3, 0.4) is 0 Å². The second kappa shape index (κ2) is 9.19. The van der Waals surface area contributed by atoms with Gasteiger partial charge in [-0.15, -0.1) is 0 Å². The van der Waals surface area contributed by atoms with Gasteiger partial charge in [0.1, 0.15) is 11.5 Å². The van der Waals surface area contributed by atoms with Gasteiger partial charge in [0.2, 0.25) is 0 Å². The zero-order valence-electron chi connectivity index (χ0n) is 17.2. The van der Waals surface area contributed by atoms with Gasteiger partial charge in [-0.25, -0.2) is 5.43 Å². The Bertz CT molecular complexity index is 1060. The van der Waals surface area contributed by atoms with E-state index in [-0.39, 0.29) is 5.91 Å². The molecule has 0 atom stereocenters. The highest BCUT2D eigenvalue weighted by molar-refractivity contribution is 6.06. The van der Waals surface area contributed by atoms with E-state index in [0.717, 1.165) is 46.3 Å². The molecule has 3 rings (SSSR count). The Kier molecular flexibility index (Phi) is 6.44. The number of carbonyl (C=O) groups excluding carboxylic acids is 1. The number of para-hydroxylation sites is 1. The molecule has 0 saturated heterocycles. The van der Waals surface area contributed by atoms with Crippen molar-refractivity contribution in [2.45, 2.75) is 26.7 Å². The average molecular weight is 391 g/mol. The molecule has 0 bridgehead atoms. The summed E-state index contributed by atoms with van der Waals surface area (Å²) in [6, 6.07) is 13.1. The number of benzene rings is 2. The number of aryl methyl sites for hydroxylation is 1. The number of hydrazone groups is 1. The highest BCUT2D eigenvalue weighted by Crippen LogP contribution is 2.30. The fraction of sp³-hybridized carbons (Fsp3) is 0.261. The lowest BCUT2D eigenvalue weighted by Crippen LogP contribution is -2.18. The molecule has 0 aliphatic rings. The predicted octanol–water partition coefficient (Wildman–Crippen LogP) is 4.28.